The number of carbonyl (C=O) groups excluding carboxylic acids is 1. The van der Waals surface area contributed by atoms with Gasteiger partial charge < -0.3 is 10.1 Å². The number of hydrogen-bond acceptors (Lipinski definition) is 2. The van der Waals surface area contributed by atoms with Crippen molar-refractivity contribution in [2.24, 2.45) is 0 Å². The lowest BCUT2D eigenvalue weighted by atomic mass is 10.2. The summed E-state index contributed by atoms with van der Waals surface area (Å²) in [5, 5.41) is 3.31. The van der Waals surface area contributed by atoms with Crippen LogP contribution in [0.3, 0.4) is 0 Å². The van der Waals surface area contributed by atoms with Crippen LogP contribution >= 0.6 is 27.5 Å². The summed E-state index contributed by atoms with van der Waals surface area (Å²) in [6, 6.07) is 15.1. The summed E-state index contributed by atoms with van der Waals surface area (Å²) in [4.78, 5) is 11.6. The van der Waals surface area contributed by atoms with Gasteiger partial charge in [0.25, 0.3) is 0 Å². The second-order valence-corrected chi connectivity index (χ2v) is 5.74. The molecule has 0 aliphatic rings. The molecule has 0 radical (unpaired) electrons. The summed E-state index contributed by atoms with van der Waals surface area (Å²) in [6.45, 7) is 0.623. The van der Waals surface area contributed by atoms with Gasteiger partial charge in [0.15, 0.2) is 0 Å². The molecular formula is C17H15BrClNO2. The Morgan fingerprint density at radius 2 is 1.95 bits per heavy atom. The number of alkyl carbamates (subject to hydrolysis) is 1. The zero-order valence-corrected chi connectivity index (χ0v) is 14.1. The van der Waals surface area contributed by atoms with Crippen molar-refractivity contribution in [3.8, 4) is 0 Å². The van der Waals surface area contributed by atoms with Gasteiger partial charge >= 0.3 is 6.09 Å². The van der Waals surface area contributed by atoms with Gasteiger partial charge in [-0.15, -0.1) is 0 Å². The number of benzene rings is 2. The predicted molar refractivity (Wildman–Crippen MR) is 92.8 cm³/mol. The zero-order chi connectivity index (χ0) is 15.8. The monoisotopic (exact) mass is 379 g/mol. The minimum absolute atomic E-state index is 0.256. The molecule has 0 spiro atoms. The number of nitrogens with one attached hydrogen (secondary N) is 1. The third-order valence-corrected chi connectivity index (χ3v) is 3.88. The summed E-state index contributed by atoms with van der Waals surface area (Å²) < 4.78 is 6.01. The molecule has 0 aliphatic heterocycles. The molecule has 0 atom stereocenters. The van der Waals surface area contributed by atoms with E-state index in [0.717, 1.165) is 15.6 Å². The maximum Gasteiger partial charge on any atom is 0.407 e. The van der Waals surface area contributed by atoms with Gasteiger partial charge in [-0.3, -0.25) is 0 Å². The average Bonchev–Trinajstić information content (AvgIpc) is 2.53. The molecule has 0 unspecified atom stereocenters. The number of carbonyl (C=O) groups is 1. The van der Waals surface area contributed by atoms with Crippen molar-refractivity contribution in [1.82, 2.24) is 5.32 Å². The lowest BCUT2D eigenvalue weighted by Crippen LogP contribution is -2.24. The first kappa shape index (κ1) is 16.6. The Bertz CT molecular complexity index is 639. The fourth-order valence-corrected chi connectivity index (χ4v) is 2.61. The van der Waals surface area contributed by atoms with Crippen molar-refractivity contribution < 1.29 is 9.53 Å². The van der Waals surface area contributed by atoms with Gasteiger partial charge in [-0.1, -0.05) is 76.1 Å². The normalized spacial score (nSPS) is 10.6. The Labute approximate surface area is 143 Å². The standard InChI is InChI=1S/C17H15BrClNO2/c18-15-9-4-10-16(19)14(15)8-5-11-20-17(21)22-12-13-6-2-1-3-7-13/h1-10H,11-12H2,(H,20,21). The first-order chi connectivity index (χ1) is 10.7. The smallest absolute Gasteiger partial charge is 0.407 e. The lowest BCUT2D eigenvalue weighted by Gasteiger charge is -2.05. The van der Waals surface area contributed by atoms with E-state index in [1.54, 1.807) is 0 Å². The molecule has 0 aromatic heterocycles. The third kappa shape index (κ3) is 5.20. The van der Waals surface area contributed by atoms with E-state index in [1.165, 1.54) is 0 Å². The molecular weight excluding hydrogens is 366 g/mol. The van der Waals surface area contributed by atoms with Crippen LogP contribution in [-0.4, -0.2) is 12.6 Å². The Morgan fingerprint density at radius 3 is 2.68 bits per heavy atom. The largest absolute Gasteiger partial charge is 0.445 e. The molecule has 0 bridgehead atoms. The van der Waals surface area contributed by atoms with Crippen LogP contribution in [0.4, 0.5) is 4.79 Å². The topological polar surface area (TPSA) is 38.3 Å². The van der Waals surface area contributed by atoms with Crippen LogP contribution < -0.4 is 5.32 Å². The second-order valence-electron chi connectivity index (χ2n) is 4.48. The zero-order valence-electron chi connectivity index (χ0n) is 11.8. The first-order valence-corrected chi connectivity index (χ1v) is 7.89. The van der Waals surface area contributed by atoms with Gasteiger partial charge in [0.2, 0.25) is 0 Å². The van der Waals surface area contributed by atoms with E-state index < -0.39 is 6.09 Å². The Morgan fingerprint density at radius 1 is 1.18 bits per heavy atom. The second kappa shape index (κ2) is 8.61. The molecule has 1 amide bonds. The third-order valence-electron chi connectivity index (χ3n) is 2.86. The van der Waals surface area contributed by atoms with Gasteiger partial charge in [0, 0.05) is 21.6 Å². The summed E-state index contributed by atoms with van der Waals surface area (Å²) in [6.07, 6.45) is 3.21. The van der Waals surface area contributed by atoms with Crippen molar-refractivity contribution in [2.75, 3.05) is 6.54 Å². The molecule has 3 nitrogen and oxygen atoms in total. The fraction of sp³-hybridized carbons (Fsp3) is 0.118. The van der Waals surface area contributed by atoms with E-state index in [2.05, 4.69) is 21.2 Å². The summed E-state index contributed by atoms with van der Waals surface area (Å²) >= 11 is 9.53. The summed E-state index contributed by atoms with van der Waals surface area (Å²) in [7, 11) is 0. The minimum Gasteiger partial charge on any atom is -0.445 e. The lowest BCUT2D eigenvalue weighted by molar-refractivity contribution is 0.141. The number of halogens is 2. The first-order valence-electron chi connectivity index (χ1n) is 6.72. The minimum atomic E-state index is -0.452. The van der Waals surface area contributed by atoms with Gasteiger partial charge in [-0.2, -0.15) is 0 Å². The van der Waals surface area contributed by atoms with Crippen molar-refractivity contribution in [3.05, 3.63) is 75.2 Å². The molecule has 2 aromatic carbocycles. The van der Waals surface area contributed by atoms with Gasteiger partial charge in [-0.25, -0.2) is 4.79 Å². The summed E-state index contributed by atoms with van der Waals surface area (Å²) in [5.41, 5.74) is 1.83. The number of amides is 1. The molecule has 0 saturated heterocycles. The van der Waals surface area contributed by atoms with Crippen LogP contribution in [0.25, 0.3) is 6.08 Å². The quantitative estimate of drug-likeness (QED) is 0.789. The van der Waals surface area contributed by atoms with E-state index in [0.29, 0.717) is 11.6 Å². The molecule has 2 aromatic rings. The highest BCUT2D eigenvalue weighted by Gasteiger charge is 2.02. The Balaban J connectivity index is 1.76. The van der Waals surface area contributed by atoms with Crippen LogP contribution in [0.1, 0.15) is 11.1 Å². The fourth-order valence-electron chi connectivity index (χ4n) is 1.76. The Hall–Kier alpha value is -1.78. The number of rotatable bonds is 5. The SMILES string of the molecule is O=C(NCC=Cc1c(Cl)cccc1Br)OCc1ccccc1. The Kier molecular flexibility index (Phi) is 6.49. The molecule has 114 valence electrons. The van der Waals surface area contributed by atoms with E-state index in [-0.39, 0.29) is 6.61 Å². The van der Waals surface area contributed by atoms with E-state index >= 15 is 0 Å². The van der Waals surface area contributed by atoms with Crippen molar-refractivity contribution >= 4 is 39.7 Å². The van der Waals surface area contributed by atoms with E-state index in [4.69, 9.17) is 16.3 Å². The van der Waals surface area contributed by atoms with E-state index in [9.17, 15) is 4.79 Å². The molecule has 0 heterocycles. The van der Waals surface area contributed by atoms with Crippen LogP contribution in [0.5, 0.6) is 0 Å². The molecule has 5 heteroatoms. The molecule has 22 heavy (non-hydrogen) atoms. The molecule has 0 aliphatic carbocycles. The van der Waals surface area contributed by atoms with Crippen molar-refractivity contribution in [3.63, 3.8) is 0 Å². The van der Waals surface area contributed by atoms with Crippen LogP contribution in [0.2, 0.25) is 5.02 Å². The number of ether oxygens (including phenoxy) is 1. The van der Waals surface area contributed by atoms with Crippen LogP contribution in [-0.2, 0) is 11.3 Å². The number of hydrogen-bond donors (Lipinski definition) is 1. The molecule has 0 fully saturated rings. The van der Waals surface area contributed by atoms with Crippen molar-refractivity contribution in [2.45, 2.75) is 6.61 Å². The highest BCUT2D eigenvalue weighted by Crippen LogP contribution is 2.25. The predicted octanol–water partition coefficient (Wildman–Crippen LogP) is 5.04. The maximum atomic E-state index is 11.6. The molecule has 0 saturated carbocycles. The van der Waals surface area contributed by atoms with Gasteiger partial charge in [0.1, 0.15) is 6.61 Å². The van der Waals surface area contributed by atoms with Crippen molar-refractivity contribution in [1.29, 1.82) is 0 Å². The van der Waals surface area contributed by atoms with Gasteiger partial charge in [0.05, 0.1) is 0 Å². The highest BCUT2D eigenvalue weighted by atomic mass is 79.9. The van der Waals surface area contributed by atoms with Gasteiger partial charge in [-0.05, 0) is 17.7 Å². The highest BCUT2D eigenvalue weighted by molar-refractivity contribution is 9.10. The molecule has 1 N–H and O–H groups in total. The summed E-state index contributed by atoms with van der Waals surface area (Å²) in [5.74, 6) is 0. The van der Waals surface area contributed by atoms with E-state index in [1.807, 2.05) is 60.7 Å². The molecule has 2 rings (SSSR count). The maximum absolute atomic E-state index is 11.6. The van der Waals surface area contributed by atoms with Crippen LogP contribution in [0.15, 0.2) is 59.1 Å². The van der Waals surface area contributed by atoms with Crippen LogP contribution in [0, 0.1) is 0 Å². The average molecular weight is 381 g/mol.